The van der Waals surface area contributed by atoms with E-state index in [4.69, 9.17) is 9.15 Å². The highest BCUT2D eigenvalue weighted by Gasteiger charge is 2.29. The number of amides is 2. The van der Waals surface area contributed by atoms with E-state index in [9.17, 15) is 14.9 Å². The van der Waals surface area contributed by atoms with Crippen LogP contribution in [0.2, 0.25) is 0 Å². The Balaban J connectivity index is 1.27. The zero-order valence-corrected chi connectivity index (χ0v) is 21.9. The van der Waals surface area contributed by atoms with Crippen molar-refractivity contribution in [3.05, 3.63) is 66.2 Å². The Bertz CT molecular complexity index is 1310. The van der Waals surface area contributed by atoms with Gasteiger partial charge in [-0.3, -0.25) is 19.4 Å². The fraction of sp³-hybridized carbons (Fsp3) is 0.357. The van der Waals surface area contributed by atoms with Gasteiger partial charge in [-0.2, -0.15) is 5.26 Å². The Hall–Kier alpha value is -4.20. The molecule has 0 radical (unpaired) electrons. The van der Waals surface area contributed by atoms with Crippen LogP contribution in [-0.2, 0) is 16.1 Å². The number of anilines is 1. The molecule has 2 aromatic carbocycles. The number of methoxy groups -OCH3 is 1. The number of nitrogens with zero attached hydrogens (tertiary/aromatic N) is 4. The lowest BCUT2D eigenvalue weighted by atomic mass is 10.0. The summed E-state index contributed by atoms with van der Waals surface area (Å²) in [6.45, 7) is 8.53. The largest absolute Gasteiger partial charge is 0.496 e. The molecule has 0 bridgehead atoms. The second kappa shape index (κ2) is 11.9. The van der Waals surface area contributed by atoms with Crippen LogP contribution in [0.15, 0.2) is 59.5 Å². The van der Waals surface area contributed by atoms with Crippen molar-refractivity contribution in [2.45, 2.75) is 25.9 Å². The minimum absolute atomic E-state index is 0.428. The molecule has 1 aromatic heterocycles. The minimum Gasteiger partial charge on any atom is -0.496 e. The summed E-state index contributed by atoms with van der Waals surface area (Å²) in [5, 5.41) is 14.8. The number of nitrogens with one attached hydrogen (secondary N) is 2. The van der Waals surface area contributed by atoms with E-state index < -0.39 is 17.4 Å². The first-order valence-corrected chi connectivity index (χ1v) is 12.4. The molecule has 4 rings (SSSR count). The van der Waals surface area contributed by atoms with E-state index in [0.717, 1.165) is 38.3 Å². The number of oxazole rings is 1. The fourth-order valence-corrected chi connectivity index (χ4v) is 4.59. The quantitative estimate of drug-likeness (QED) is 0.438. The average Bonchev–Trinajstić information content (AvgIpc) is 3.44. The molecule has 0 aliphatic carbocycles. The predicted octanol–water partition coefficient (Wildman–Crippen LogP) is 2.87. The Morgan fingerprint density at radius 1 is 1.11 bits per heavy atom. The second-order valence-electron chi connectivity index (χ2n) is 9.89. The molecule has 198 valence electrons. The Morgan fingerprint density at radius 2 is 1.84 bits per heavy atom. The van der Waals surface area contributed by atoms with Crippen molar-refractivity contribution in [2.75, 3.05) is 45.2 Å². The van der Waals surface area contributed by atoms with E-state index in [-0.39, 0.29) is 0 Å². The topological polar surface area (TPSA) is 124 Å². The lowest BCUT2D eigenvalue weighted by Gasteiger charge is -2.39. The summed E-state index contributed by atoms with van der Waals surface area (Å²) in [6, 6.07) is 15.0. The second-order valence-corrected chi connectivity index (χ2v) is 9.89. The number of carbonyl (C=O) groups excluding carboxylic acids is 2. The zero-order chi connectivity index (χ0) is 27.1. The summed E-state index contributed by atoms with van der Waals surface area (Å²) < 4.78 is 10.7. The van der Waals surface area contributed by atoms with E-state index in [1.807, 2.05) is 38.1 Å². The molecule has 1 fully saturated rings. The summed E-state index contributed by atoms with van der Waals surface area (Å²) in [4.78, 5) is 33.8. The summed E-state index contributed by atoms with van der Waals surface area (Å²) >= 11 is 0. The van der Waals surface area contributed by atoms with E-state index in [1.165, 1.54) is 13.5 Å². The Labute approximate surface area is 222 Å². The number of hydrogen-bond acceptors (Lipinski definition) is 8. The first-order valence-electron chi connectivity index (χ1n) is 12.4. The third-order valence-electron chi connectivity index (χ3n) is 6.43. The molecule has 0 saturated carbocycles. The number of piperazine rings is 1. The number of benzene rings is 2. The first kappa shape index (κ1) is 26.9. The maximum atomic E-state index is 12.7. The summed E-state index contributed by atoms with van der Waals surface area (Å²) in [6.07, 6.45) is 2.89. The Kier molecular flexibility index (Phi) is 8.41. The molecule has 2 N–H and O–H groups in total. The normalized spacial score (nSPS) is 14.5. The highest BCUT2D eigenvalue weighted by atomic mass is 16.5. The van der Waals surface area contributed by atoms with Gasteiger partial charge < -0.3 is 19.8 Å². The van der Waals surface area contributed by atoms with Gasteiger partial charge in [-0.05, 0) is 37.6 Å². The number of rotatable bonds is 8. The van der Waals surface area contributed by atoms with Crippen LogP contribution in [0.3, 0.4) is 0 Å². The van der Waals surface area contributed by atoms with Crippen LogP contribution in [0.4, 0.5) is 5.69 Å². The molecule has 38 heavy (non-hydrogen) atoms. The number of aromatic nitrogens is 1. The zero-order valence-electron chi connectivity index (χ0n) is 21.9. The number of carbonyl (C=O) groups is 2. The molecule has 0 unspecified atom stereocenters. The number of ether oxygens (including phenoxy) is 1. The predicted molar refractivity (Wildman–Crippen MR) is 142 cm³/mol. The van der Waals surface area contributed by atoms with Crippen LogP contribution in [-0.4, -0.2) is 72.0 Å². The van der Waals surface area contributed by atoms with Crippen molar-refractivity contribution in [2.24, 2.45) is 0 Å². The number of hydrogen-bond donors (Lipinski definition) is 2. The van der Waals surface area contributed by atoms with Crippen molar-refractivity contribution in [3.63, 3.8) is 0 Å². The monoisotopic (exact) mass is 516 g/mol. The van der Waals surface area contributed by atoms with Gasteiger partial charge in [0.05, 0.1) is 30.5 Å². The summed E-state index contributed by atoms with van der Waals surface area (Å²) in [7, 11) is 1.51. The fourth-order valence-electron chi connectivity index (χ4n) is 4.59. The highest BCUT2D eigenvalue weighted by molar-refractivity contribution is 6.39. The molecule has 10 heteroatoms. The van der Waals surface area contributed by atoms with E-state index in [1.54, 1.807) is 24.4 Å². The molecule has 1 aliphatic heterocycles. The molecule has 2 heterocycles. The average molecular weight is 517 g/mol. The molecule has 0 atom stereocenters. The summed E-state index contributed by atoms with van der Waals surface area (Å²) in [5.74, 6) is -0.448. The first-order chi connectivity index (χ1) is 18.3. The third kappa shape index (κ3) is 6.76. The Morgan fingerprint density at radius 3 is 2.53 bits per heavy atom. The van der Waals surface area contributed by atoms with Crippen LogP contribution in [0.5, 0.6) is 5.75 Å². The SMILES string of the molecule is COc1cc(NC(=O)C(=O)NC(C)(C)CN2CCN(Cc3ccccc3C#N)CC2)ccc1-c1cnco1. The van der Waals surface area contributed by atoms with Crippen LogP contribution in [0.25, 0.3) is 11.3 Å². The molecule has 1 saturated heterocycles. The van der Waals surface area contributed by atoms with Crippen LogP contribution in [0.1, 0.15) is 25.0 Å². The van der Waals surface area contributed by atoms with Crippen LogP contribution >= 0.6 is 0 Å². The highest BCUT2D eigenvalue weighted by Crippen LogP contribution is 2.32. The van der Waals surface area contributed by atoms with E-state index >= 15 is 0 Å². The van der Waals surface area contributed by atoms with Crippen LogP contribution in [0, 0.1) is 11.3 Å². The van der Waals surface area contributed by atoms with Crippen molar-refractivity contribution < 1.29 is 18.7 Å². The maximum Gasteiger partial charge on any atom is 0.313 e. The van der Waals surface area contributed by atoms with Crippen molar-refractivity contribution in [1.29, 1.82) is 5.26 Å². The van der Waals surface area contributed by atoms with Gasteiger partial charge in [0, 0.05) is 56.6 Å². The molecule has 1 aliphatic rings. The number of nitriles is 1. The van der Waals surface area contributed by atoms with Crippen molar-refractivity contribution in [3.8, 4) is 23.1 Å². The van der Waals surface area contributed by atoms with Gasteiger partial charge in [-0.25, -0.2) is 4.98 Å². The van der Waals surface area contributed by atoms with Crippen LogP contribution < -0.4 is 15.4 Å². The smallest absolute Gasteiger partial charge is 0.313 e. The van der Waals surface area contributed by atoms with Gasteiger partial charge in [0.25, 0.3) is 0 Å². The van der Waals surface area contributed by atoms with Gasteiger partial charge in [0.1, 0.15) is 5.75 Å². The van der Waals surface area contributed by atoms with Gasteiger partial charge >= 0.3 is 11.8 Å². The molecular formula is C28H32N6O4. The molecule has 3 aromatic rings. The third-order valence-corrected chi connectivity index (χ3v) is 6.43. The lowest BCUT2D eigenvalue weighted by molar-refractivity contribution is -0.137. The van der Waals surface area contributed by atoms with Gasteiger partial charge in [-0.15, -0.1) is 0 Å². The maximum absolute atomic E-state index is 12.7. The molecule has 10 nitrogen and oxygen atoms in total. The van der Waals surface area contributed by atoms with E-state index in [2.05, 4.69) is 31.5 Å². The van der Waals surface area contributed by atoms with Gasteiger partial charge in [-0.1, -0.05) is 18.2 Å². The van der Waals surface area contributed by atoms with Crippen molar-refractivity contribution >= 4 is 17.5 Å². The van der Waals surface area contributed by atoms with Crippen molar-refractivity contribution in [1.82, 2.24) is 20.1 Å². The summed E-state index contributed by atoms with van der Waals surface area (Å²) in [5.41, 5.74) is 2.24. The molecule has 0 spiro atoms. The van der Waals surface area contributed by atoms with E-state index in [0.29, 0.717) is 34.9 Å². The lowest BCUT2D eigenvalue weighted by Crippen LogP contribution is -2.57. The standard InChI is InChI=1S/C28H32N6O4/c1-28(2,18-34-12-10-33(11-13-34)17-21-7-5-4-6-20(21)15-29)32-27(36)26(35)31-22-8-9-23(24(14-22)37-3)25-16-30-19-38-25/h4-9,14,16,19H,10-13,17-18H2,1-3H3,(H,31,35)(H,32,36). The van der Waals surface area contributed by atoms with Gasteiger partial charge in [0.2, 0.25) is 0 Å². The van der Waals surface area contributed by atoms with Gasteiger partial charge in [0.15, 0.2) is 12.2 Å². The molecule has 2 amide bonds. The minimum atomic E-state index is -0.756. The molecular weight excluding hydrogens is 484 g/mol.